The van der Waals surface area contributed by atoms with E-state index in [4.69, 9.17) is 0 Å². The van der Waals surface area contributed by atoms with Gasteiger partial charge in [0.25, 0.3) is 0 Å². The molecule has 0 spiro atoms. The van der Waals surface area contributed by atoms with Crippen LogP contribution >= 0.6 is 11.8 Å². The Kier molecular flexibility index (Phi) is 6.26. The molecule has 0 radical (unpaired) electrons. The van der Waals surface area contributed by atoms with Crippen LogP contribution < -0.4 is 10.1 Å². The highest BCUT2D eigenvalue weighted by Crippen LogP contribution is 2.31. The fourth-order valence-electron chi connectivity index (χ4n) is 2.91. The minimum Gasteiger partial charge on any atom is -0.433 e. The van der Waals surface area contributed by atoms with Gasteiger partial charge in [0.15, 0.2) is 5.65 Å². The van der Waals surface area contributed by atoms with Crippen molar-refractivity contribution in [2.75, 3.05) is 5.32 Å². The zero-order chi connectivity index (χ0) is 22.7. The van der Waals surface area contributed by atoms with Gasteiger partial charge in [-0.3, -0.25) is 4.79 Å². The van der Waals surface area contributed by atoms with E-state index in [-0.39, 0.29) is 17.3 Å². The van der Waals surface area contributed by atoms with E-state index >= 15 is 0 Å². The van der Waals surface area contributed by atoms with Gasteiger partial charge >= 0.3 is 6.61 Å². The lowest BCUT2D eigenvalue weighted by Crippen LogP contribution is -2.23. The van der Waals surface area contributed by atoms with Gasteiger partial charge in [-0.1, -0.05) is 23.9 Å². The van der Waals surface area contributed by atoms with Crippen molar-refractivity contribution in [3.63, 3.8) is 0 Å². The Morgan fingerprint density at radius 1 is 1.12 bits per heavy atom. The van der Waals surface area contributed by atoms with Crippen LogP contribution in [0.4, 0.5) is 18.9 Å². The molecule has 1 amide bonds. The molecule has 1 atom stereocenters. The Bertz CT molecular complexity index is 1250. The number of nitrogens with one attached hydrogen (secondary N) is 1. The molecule has 0 bridgehead atoms. The number of carbonyl (C=O) groups excluding carboxylic acids is 1. The second-order valence-electron chi connectivity index (χ2n) is 6.57. The fraction of sp³-hybridized carbons (Fsp3) is 0.143. The molecule has 2 heterocycles. The Labute approximate surface area is 184 Å². The number of amides is 1. The number of carbonyl (C=O) groups is 1. The summed E-state index contributed by atoms with van der Waals surface area (Å²) in [5.74, 6) is -0.910. The Balaban J connectivity index is 1.54. The summed E-state index contributed by atoms with van der Waals surface area (Å²) in [5.41, 5.74) is 1.26. The van der Waals surface area contributed by atoms with E-state index in [1.54, 1.807) is 36.0 Å². The van der Waals surface area contributed by atoms with E-state index in [1.807, 2.05) is 0 Å². The maximum atomic E-state index is 13.2. The molecule has 1 unspecified atom stereocenters. The number of nitrogens with zero attached hydrogens (tertiary/aromatic N) is 4. The van der Waals surface area contributed by atoms with Crippen LogP contribution in [-0.2, 0) is 4.79 Å². The van der Waals surface area contributed by atoms with E-state index in [0.717, 1.165) is 0 Å². The van der Waals surface area contributed by atoms with Crippen LogP contribution in [0.5, 0.6) is 5.75 Å². The monoisotopic (exact) mass is 459 g/mol. The summed E-state index contributed by atoms with van der Waals surface area (Å²) in [7, 11) is 0. The van der Waals surface area contributed by atoms with Crippen molar-refractivity contribution in [3.8, 4) is 11.4 Å². The largest absolute Gasteiger partial charge is 0.433 e. The van der Waals surface area contributed by atoms with Crippen molar-refractivity contribution >= 4 is 34.4 Å². The number of hydrogen-bond acceptors (Lipinski definition) is 6. The van der Waals surface area contributed by atoms with Crippen LogP contribution in [0.1, 0.15) is 6.92 Å². The zero-order valence-electron chi connectivity index (χ0n) is 16.6. The van der Waals surface area contributed by atoms with Gasteiger partial charge in [-0.25, -0.2) is 19.0 Å². The highest BCUT2D eigenvalue weighted by Gasteiger charge is 2.20. The minimum atomic E-state index is -3.01. The predicted octanol–water partition coefficient (Wildman–Crippen LogP) is 4.68. The van der Waals surface area contributed by atoms with Crippen molar-refractivity contribution in [1.29, 1.82) is 0 Å². The first kappa shape index (κ1) is 21.6. The molecule has 32 heavy (non-hydrogen) atoms. The Morgan fingerprint density at radius 2 is 1.88 bits per heavy atom. The summed E-state index contributed by atoms with van der Waals surface area (Å²) < 4.78 is 44.4. The SMILES string of the molecule is CC(Sc1ncnc2c1cnn2-c1ccc(F)cc1)C(=O)Nc1ccccc1OC(F)F. The van der Waals surface area contributed by atoms with Crippen molar-refractivity contribution in [1.82, 2.24) is 19.7 Å². The summed E-state index contributed by atoms with van der Waals surface area (Å²) in [6.07, 6.45) is 2.92. The molecule has 0 saturated carbocycles. The molecule has 2 aromatic carbocycles. The normalized spacial score (nSPS) is 12.2. The number of hydrogen-bond donors (Lipinski definition) is 1. The number of para-hydroxylation sites is 2. The molecular formula is C21H16F3N5O2S. The summed E-state index contributed by atoms with van der Waals surface area (Å²) in [6, 6.07) is 11.7. The second kappa shape index (κ2) is 9.27. The van der Waals surface area contributed by atoms with E-state index in [2.05, 4.69) is 25.1 Å². The number of benzene rings is 2. The van der Waals surface area contributed by atoms with Crippen molar-refractivity contribution in [2.45, 2.75) is 23.8 Å². The molecule has 164 valence electrons. The summed E-state index contributed by atoms with van der Waals surface area (Å²) in [6.45, 7) is -1.35. The summed E-state index contributed by atoms with van der Waals surface area (Å²) in [5, 5.41) is 7.41. The number of ether oxygens (including phenoxy) is 1. The lowest BCUT2D eigenvalue weighted by molar-refractivity contribution is -0.115. The number of anilines is 1. The average Bonchev–Trinajstić information content (AvgIpc) is 3.20. The number of alkyl halides is 2. The van der Waals surface area contributed by atoms with Gasteiger partial charge in [0, 0.05) is 0 Å². The molecule has 2 aromatic heterocycles. The van der Waals surface area contributed by atoms with Gasteiger partial charge in [-0.05, 0) is 43.3 Å². The molecule has 0 aliphatic heterocycles. The van der Waals surface area contributed by atoms with Gasteiger partial charge in [0.1, 0.15) is 22.9 Å². The number of aromatic nitrogens is 4. The highest BCUT2D eigenvalue weighted by molar-refractivity contribution is 8.00. The van der Waals surface area contributed by atoms with Gasteiger partial charge in [-0.2, -0.15) is 13.9 Å². The van der Waals surface area contributed by atoms with Crippen LogP contribution in [0, 0.1) is 5.82 Å². The molecule has 7 nitrogen and oxygen atoms in total. The van der Waals surface area contributed by atoms with Crippen LogP contribution in [0.2, 0.25) is 0 Å². The molecule has 4 rings (SSSR count). The van der Waals surface area contributed by atoms with Gasteiger partial charge in [0.05, 0.1) is 28.2 Å². The zero-order valence-corrected chi connectivity index (χ0v) is 17.4. The van der Waals surface area contributed by atoms with Gasteiger partial charge in [0.2, 0.25) is 5.91 Å². The second-order valence-corrected chi connectivity index (χ2v) is 7.90. The molecular weight excluding hydrogens is 443 g/mol. The highest BCUT2D eigenvalue weighted by atomic mass is 32.2. The van der Waals surface area contributed by atoms with Crippen LogP contribution in [0.25, 0.3) is 16.7 Å². The lowest BCUT2D eigenvalue weighted by atomic mass is 10.3. The van der Waals surface area contributed by atoms with E-state index in [1.165, 1.54) is 48.4 Å². The molecule has 1 N–H and O–H groups in total. The van der Waals surface area contributed by atoms with E-state index in [0.29, 0.717) is 21.7 Å². The summed E-state index contributed by atoms with van der Waals surface area (Å²) in [4.78, 5) is 21.2. The van der Waals surface area contributed by atoms with Crippen LogP contribution in [-0.4, -0.2) is 37.5 Å². The standard InChI is InChI=1S/C21H16F3N5O2S/c1-12(19(30)28-16-4-2-3-5-17(16)31-21(23)24)32-20-15-10-27-29(18(15)25-11-26-20)14-8-6-13(22)7-9-14/h2-12,21H,1H3,(H,28,30). The Hall–Kier alpha value is -3.60. The lowest BCUT2D eigenvalue weighted by Gasteiger charge is -2.15. The third kappa shape index (κ3) is 4.67. The van der Waals surface area contributed by atoms with Crippen LogP contribution in [0.3, 0.4) is 0 Å². The quantitative estimate of drug-likeness (QED) is 0.319. The number of halogens is 3. The molecule has 11 heteroatoms. The predicted molar refractivity (Wildman–Crippen MR) is 114 cm³/mol. The maximum absolute atomic E-state index is 13.2. The first-order valence-electron chi connectivity index (χ1n) is 9.38. The molecule has 0 aliphatic rings. The van der Waals surface area contributed by atoms with Crippen molar-refractivity contribution in [2.24, 2.45) is 0 Å². The van der Waals surface area contributed by atoms with E-state index < -0.39 is 17.8 Å². The molecule has 0 saturated heterocycles. The first-order valence-corrected chi connectivity index (χ1v) is 10.3. The molecule has 0 fully saturated rings. The molecule has 4 aromatic rings. The Morgan fingerprint density at radius 3 is 2.62 bits per heavy atom. The van der Waals surface area contributed by atoms with Gasteiger partial charge in [-0.15, -0.1) is 0 Å². The maximum Gasteiger partial charge on any atom is 0.387 e. The van der Waals surface area contributed by atoms with Crippen LogP contribution in [0.15, 0.2) is 66.1 Å². The summed E-state index contributed by atoms with van der Waals surface area (Å²) >= 11 is 1.17. The van der Waals surface area contributed by atoms with Gasteiger partial charge < -0.3 is 10.1 Å². The molecule has 0 aliphatic carbocycles. The van der Waals surface area contributed by atoms with Crippen molar-refractivity contribution < 1.29 is 22.7 Å². The first-order chi connectivity index (χ1) is 15.4. The average molecular weight is 459 g/mol. The van der Waals surface area contributed by atoms with E-state index in [9.17, 15) is 18.0 Å². The minimum absolute atomic E-state index is 0.127. The third-order valence-corrected chi connectivity index (χ3v) is 5.54. The number of fused-ring (bicyclic) bond motifs is 1. The third-order valence-electron chi connectivity index (χ3n) is 4.42. The number of thioether (sulfide) groups is 1. The van der Waals surface area contributed by atoms with Crippen molar-refractivity contribution in [3.05, 3.63) is 66.9 Å². The smallest absolute Gasteiger partial charge is 0.387 e. The fourth-order valence-corrected chi connectivity index (χ4v) is 3.79. The topological polar surface area (TPSA) is 81.9 Å². The number of rotatable bonds is 7.